The first kappa shape index (κ1) is 21.6. The number of rotatable bonds is 6. The summed E-state index contributed by atoms with van der Waals surface area (Å²) in [5.74, 6) is 0.0248. The normalized spacial score (nSPS) is 11.2. The highest BCUT2D eigenvalue weighted by Gasteiger charge is 2.18. The second-order valence-corrected chi connectivity index (χ2v) is 9.68. The van der Waals surface area contributed by atoms with Gasteiger partial charge in [-0.25, -0.2) is 14.4 Å². The molecular formula is C26H20FN3OS2. The number of hydrogen-bond donors (Lipinski definition) is 0. The molecule has 5 rings (SSSR count). The van der Waals surface area contributed by atoms with Gasteiger partial charge in [0.2, 0.25) is 0 Å². The van der Waals surface area contributed by atoms with E-state index in [0.29, 0.717) is 5.56 Å². The first-order valence-corrected chi connectivity index (χ1v) is 12.2. The summed E-state index contributed by atoms with van der Waals surface area (Å²) in [6.07, 6.45) is 1.56. The summed E-state index contributed by atoms with van der Waals surface area (Å²) in [5, 5.41) is 1.77. The summed E-state index contributed by atoms with van der Waals surface area (Å²) in [6, 6.07) is 20.5. The van der Waals surface area contributed by atoms with Crippen molar-refractivity contribution in [3.8, 4) is 16.1 Å². The molecule has 0 spiro atoms. The predicted octanol–water partition coefficient (Wildman–Crippen LogP) is 6.88. The third-order valence-corrected chi connectivity index (χ3v) is 7.60. The van der Waals surface area contributed by atoms with E-state index < -0.39 is 0 Å². The molecule has 3 aromatic heterocycles. The summed E-state index contributed by atoms with van der Waals surface area (Å²) in [5.41, 5.74) is 4.43. The summed E-state index contributed by atoms with van der Waals surface area (Å²) < 4.78 is 15.3. The maximum absolute atomic E-state index is 13.3. The number of thioether (sulfide) groups is 1. The molecule has 33 heavy (non-hydrogen) atoms. The number of hydrogen-bond acceptors (Lipinski definition) is 5. The van der Waals surface area contributed by atoms with Crippen LogP contribution in [-0.2, 0) is 0 Å². The molecule has 0 fully saturated rings. The number of Topliss-reactive ketones (excluding diaryl/α,β-unsaturated/α-hetero) is 1. The van der Waals surface area contributed by atoms with Crippen LogP contribution in [0.4, 0.5) is 4.39 Å². The third-order valence-electron chi connectivity index (χ3n) is 5.51. The zero-order chi connectivity index (χ0) is 22.9. The lowest BCUT2D eigenvalue weighted by molar-refractivity contribution is 0.102. The lowest BCUT2D eigenvalue weighted by Gasteiger charge is -2.09. The number of benzene rings is 2. The monoisotopic (exact) mass is 473 g/mol. The Bertz CT molecular complexity index is 1460. The van der Waals surface area contributed by atoms with Crippen molar-refractivity contribution >= 4 is 39.1 Å². The highest BCUT2D eigenvalue weighted by Crippen LogP contribution is 2.36. The van der Waals surface area contributed by atoms with E-state index in [0.717, 1.165) is 42.8 Å². The molecule has 0 saturated heterocycles. The van der Waals surface area contributed by atoms with Crippen LogP contribution in [0.1, 0.15) is 21.7 Å². The zero-order valence-electron chi connectivity index (χ0n) is 18.1. The van der Waals surface area contributed by atoms with Crippen LogP contribution in [-0.4, -0.2) is 26.1 Å². The van der Waals surface area contributed by atoms with Gasteiger partial charge in [-0.05, 0) is 55.8 Å². The molecule has 2 aromatic carbocycles. The van der Waals surface area contributed by atoms with Gasteiger partial charge in [0, 0.05) is 32.9 Å². The molecule has 0 saturated carbocycles. The Morgan fingerprint density at radius 1 is 1.03 bits per heavy atom. The molecule has 0 atom stereocenters. The van der Waals surface area contributed by atoms with Crippen LogP contribution >= 0.6 is 23.1 Å². The molecule has 0 unspecified atom stereocenters. The van der Waals surface area contributed by atoms with Gasteiger partial charge in [0.1, 0.15) is 22.0 Å². The van der Waals surface area contributed by atoms with E-state index in [1.807, 2.05) is 42.7 Å². The van der Waals surface area contributed by atoms with E-state index in [9.17, 15) is 9.18 Å². The van der Waals surface area contributed by atoms with E-state index in [4.69, 9.17) is 0 Å². The van der Waals surface area contributed by atoms with Gasteiger partial charge in [0.15, 0.2) is 5.78 Å². The van der Waals surface area contributed by atoms with E-state index >= 15 is 0 Å². The predicted molar refractivity (Wildman–Crippen MR) is 133 cm³/mol. The van der Waals surface area contributed by atoms with E-state index in [1.165, 1.54) is 23.9 Å². The number of aromatic nitrogens is 3. The van der Waals surface area contributed by atoms with Gasteiger partial charge in [-0.15, -0.1) is 11.3 Å². The van der Waals surface area contributed by atoms with Crippen LogP contribution in [0, 0.1) is 19.7 Å². The molecule has 0 N–H and O–H groups in total. The quantitative estimate of drug-likeness (QED) is 0.153. The number of ketones is 1. The number of thiophene rings is 1. The average molecular weight is 474 g/mol. The fraction of sp³-hybridized carbons (Fsp3) is 0.115. The second-order valence-electron chi connectivity index (χ2n) is 7.68. The van der Waals surface area contributed by atoms with Gasteiger partial charge < -0.3 is 4.57 Å². The molecule has 0 aliphatic rings. The van der Waals surface area contributed by atoms with Crippen LogP contribution in [0.15, 0.2) is 78.1 Å². The van der Waals surface area contributed by atoms with E-state index in [-0.39, 0.29) is 17.4 Å². The van der Waals surface area contributed by atoms with Crippen molar-refractivity contribution in [2.45, 2.75) is 18.9 Å². The Morgan fingerprint density at radius 2 is 1.79 bits per heavy atom. The Labute approximate surface area is 199 Å². The maximum Gasteiger partial charge on any atom is 0.174 e. The maximum atomic E-state index is 13.3. The topological polar surface area (TPSA) is 47.8 Å². The number of carbonyl (C=O) groups excluding carboxylic acids is 1. The lowest BCUT2D eigenvalue weighted by atomic mass is 10.2. The Hall–Kier alpha value is -3.29. The fourth-order valence-corrected chi connectivity index (χ4v) is 5.86. The minimum Gasteiger partial charge on any atom is -0.318 e. The first-order valence-electron chi connectivity index (χ1n) is 10.4. The summed E-state index contributed by atoms with van der Waals surface area (Å²) in [6.45, 7) is 3.87. The first-order chi connectivity index (χ1) is 16.0. The summed E-state index contributed by atoms with van der Waals surface area (Å²) in [7, 11) is 0. The minimum absolute atomic E-state index is 0.0340. The molecule has 0 bridgehead atoms. The van der Waals surface area contributed by atoms with Crippen molar-refractivity contribution in [1.29, 1.82) is 0 Å². The van der Waals surface area contributed by atoms with Gasteiger partial charge in [-0.3, -0.25) is 4.79 Å². The Kier molecular flexibility index (Phi) is 5.83. The lowest BCUT2D eigenvalue weighted by Crippen LogP contribution is -2.06. The third kappa shape index (κ3) is 4.21. The molecule has 4 nitrogen and oxygen atoms in total. The van der Waals surface area contributed by atoms with Crippen molar-refractivity contribution in [2.24, 2.45) is 0 Å². The van der Waals surface area contributed by atoms with Gasteiger partial charge in [0.25, 0.3) is 0 Å². The fourth-order valence-electron chi connectivity index (χ4n) is 3.94. The highest BCUT2D eigenvalue weighted by atomic mass is 32.2. The minimum atomic E-state index is -0.283. The van der Waals surface area contributed by atoms with Gasteiger partial charge in [-0.1, -0.05) is 42.1 Å². The molecule has 0 aliphatic heterocycles. The molecule has 0 amide bonds. The standard InChI is InChI=1S/C26H20FN3OS2/c1-16-12-21(17(2)30(16)20-10-8-19(27)9-11-20)23(31)14-32-25-22-13-24(18-6-4-3-5-7-18)33-26(22)29-15-28-25/h3-13,15H,14H2,1-2H3. The van der Waals surface area contributed by atoms with Crippen LogP contribution < -0.4 is 0 Å². The SMILES string of the molecule is Cc1cc(C(=O)CSc2ncnc3sc(-c4ccccc4)cc23)c(C)n1-c1ccc(F)cc1. The number of nitrogens with zero attached hydrogens (tertiary/aromatic N) is 3. The van der Waals surface area contributed by atoms with E-state index in [2.05, 4.69) is 28.2 Å². The van der Waals surface area contributed by atoms with Crippen LogP contribution in [0.3, 0.4) is 0 Å². The number of aryl methyl sites for hydroxylation is 1. The molecule has 0 aliphatic carbocycles. The van der Waals surface area contributed by atoms with Crippen molar-refractivity contribution in [3.63, 3.8) is 0 Å². The van der Waals surface area contributed by atoms with Crippen molar-refractivity contribution in [2.75, 3.05) is 5.75 Å². The molecular weight excluding hydrogens is 453 g/mol. The van der Waals surface area contributed by atoms with Crippen molar-refractivity contribution in [3.05, 3.63) is 95.8 Å². The van der Waals surface area contributed by atoms with Gasteiger partial charge >= 0.3 is 0 Å². The number of carbonyl (C=O) groups is 1. The average Bonchev–Trinajstić information content (AvgIpc) is 3.40. The van der Waals surface area contributed by atoms with Crippen molar-refractivity contribution in [1.82, 2.24) is 14.5 Å². The molecule has 3 heterocycles. The number of fused-ring (bicyclic) bond motifs is 1. The van der Waals surface area contributed by atoms with Gasteiger partial charge in [-0.2, -0.15) is 0 Å². The molecule has 164 valence electrons. The van der Waals surface area contributed by atoms with Crippen LogP contribution in [0.2, 0.25) is 0 Å². The largest absolute Gasteiger partial charge is 0.318 e. The van der Waals surface area contributed by atoms with Gasteiger partial charge in [0.05, 0.1) is 5.75 Å². The molecule has 0 radical (unpaired) electrons. The molecule has 5 aromatic rings. The van der Waals surface area contributed by atoms with Crippen LogP contribution in [0.5, 0.6) is 0 Å². The molecule has 7 heteroatoms. The van der Waals surface area contributed by atoms with Crippen molar-refractivity contribution < 1.29 is 9.18 Å². The Morgan fingerprint density at radius 3 is 2.55 bits per heavy atom. The number of halogens is 1. The zero-order valence-corrected chi connectivity index (χ0v) is 19.7. The summed E-state index contributed by atoms with van der Waals surface area (Å²) >= 11 is 3.05. The second kappa shape index (κ2) is 8.92. The smallest absolute Gasteiger partial charge is 0.174 e. The van der Waals surface area contributed by atoms with Crippen LogP contribution in [0.25, 0.3) is 26.3 Å². The van der Waals surface area contributed by atoms with E-state index in [1.54, 1.807) is 29.8 Å². The summed E-state index contributed by atoms with van der Waals surface area (Å²) in [4.78, 5) is 24.0. The highest BCUT2D eigenvalue weighted by molar-refractivity contribution is 8.00. The Balaban J connectivity index is 1.39.